The van der Waals surface area contributed by atoms with Crippen LogP contribution in [0.2, 0.25) is 0 Å². The highest BCUT2D eigenvalue weighted by Gasteiger charge is 2.26. The molecule has 0 aromatic heterocycles. The molecule has 0 aromatic carbocycles. The Balaban J connectivity index is 3.22. The highest BCUT2D eigenvalue weighted by molar-refractivity contribution is 6.07. The third-order valence-electron chi connectivity index (χ3n) is 2.68. The fraction of sp³-hybridized carbons (Fsp3) is 0.538. The van der Waals surface area contributed by atoms with Gasteiger partial charge in [-0.2, -0.15) is 0 Å². The van der Waals surface area contributed by atoms with Crippen molar-refractivity contribution in [2.24, 2.45) is 0 Å². The molecule has 0 fully saturated rings. The normalized spacial score (nSPS) is 24.0. The summed E-state index contributed by atoms with van der Waals surface area (Å²) >= 11 is 0. The molecule has 0 aromatic rings. The van der Waals surface area contributed by atoms with E-state index < -0.39 is 11.9 Å². The van der Waals surface area contributed by atoms with Crippen molar-refractivity contribution in [2.75, 3.05) is 27.4 Å². The van der Waals surface area contributed by atoms with E-state index in [0.717, 1.165) is 12.8 Å². The van der Waals surface area contributed by atoms with E-state index in [-0.39, 0.29) is 23.5 Å². The second kappa shape index (κ2) is 7.58. The van der Waals surface area contributed by atoms with Gasteiger partial charge in [-0.25, -0.2) is 9.59 Å². The predicted octanol–water partition coefficient (Wildman–Crippen LogP) is 1.27. The van der Waals surface area contributed by atoms with Gasteiger partial charge < -0.3 is 19.3 Å². The van der Waals surface area contributed by atoms with E-state index in [1.54, 1.807) is 6.08 Å². The van der Waals surface area contributed by atoms with Gasteiger partial charge in [0.1, 0.15) is 17.9 Å². The number of aliphatic hydroxyl groups excluding tert-OH is 1. The maximum atomic E-state index is 11.7. The van der Waals surface area contributed by atoms with Crippen LogP contribution in [0.25, 0.3) is 0 Å². The summed E-state index contributed by atoms with van der Waals surface area (Å²) in [6.45, 7) is 0.346. The molecule has 0 spiro atoms. The number of methoxy groups -OCH3 is 2. The van der Waals surface area contributed by atoms with Crippen molar-refractivity contribution in [3.8, 4) is 0 Å². The zero-order valence-electron chi connectivity index (χ0n) is 11.1. The van der Waals surface area contributed by atoms with Gasteiger partial charge in [-0.1, -0.05) is 6.08 Å². The fourth-order valence-corrected chi connectivity index (χ4v) is 1.72. The van der Waals surface area contributed by atoms with Gasteiger partial charge in [0.05, 0.1) is 19.8 Å². The van der Waals surface area contributed by atoms with Crippen LogP contribution in [0.5, 0.6) is 0 Å². The number of ether oxygens (including phenoxy) is 3. The topological polar surface area (TPSA) is 82.1 Å². The summed E-state index contributed by atoms with van der Waals surface area (Å²) in [6.07, 6.45) is 3.79. The van der Waals surface area contributed by atoms with Crippen LogP contribution in [-0.4, -0.2) is 44.5 Å². The van der Waals surface area contributed by atoms with Crippen LogP contribution in [0, 0.1) is 0 Å². The maximum Gasteiger partial charge on any atom is 0.342 e. The Kier molecular flexibility index (Phi) is 6.08. The van der Waals surface area contributed by atoms with Gasteiger partial charge in [-0.15, -0.1) is 0 Å². The van der Waals surface area contributed by atoms with Crippen LogP contribution >= 0.6 is 0 Å². The summed E-state index contributed by atoms with van der Waals surface area (Å²) in [5.41, 5.74) is -0.186. The van der Waals surface area contributed by atoms with Crippen molar-refractivity contribution in [3.05, 3.63) is 23.0 Å². The first-order valence-electron chi connectivity index (χ1n) is 5.98. The second-order valence-corrected chi connectivity index (χ2v) is 3.97. The quantitative estimate of drug-likeness (QED) is 0.761. The summed E-state index contributed by atoms with van der Waals surface area (Å²) < 4.78 is 14.4. The molecule has 1 heterocycles. The molecule has 1 rings (SSSR count). The van der Waals surface area contributed by atoms with Crippen molar-refractivity contribution in [3.63, 3.8) is 0 Å². The molecular weight excluding hydrogens is 252 g/mol. The van der Waals surface area contributed by atoms with E-state index in [0.29, 0.717) is 13.0 Å². The summed E-state index contributed by atoms with van der Waals surface area (Å²) in [6, 6.07) is 0. The minimum atomic E-state index is -0.793. The van der Waals surface area contributed by atoms with Crippen molar-refractivity contribution in [1.29, 1.82) is 0 Å². The predicted molar refractivity (Wildman–Crippen MR) is 66.4 cm³/mol. The van der Waals surface area contributed by atoms with E-state index in [1.807, 2.05) is 0 Å². The Hall–Kier alpha value is -1.82. The molecule has 1 N–H and O–H groups in total. The lowest BCUT2D eigenvalue weighted by Gasteiger charge is -2.13. The largest absolute Gasteiger partial charge is 0.509 e. The number of carbonyl (C=O) groups excluding carboxylic acids is 2. The molecule has 0 saturated carbocycles. The van der Waals surface area contributed by atoms with Crippen LogP contribution in [0.3, 0.4) is 0 Å². The van der Waals surface area contributed by atoms with Crippen molar-refractivity contribution in [1.82, 2.24) is 0 Å². The second-order valence-electron chi connectivity index (χ2n) is 3.97. The number of esters is 2. The smallest absolute Gasteiger partial charge is 0.342 e. The molecule has 6 heteroatoms. The molecule has 0 radical (unpaired) electrons. The molecule has 1 aliphatic heterocycles. The lowest BCUT2D eigenvalue weighted by molar-refractivity contribution is -0.139. The average molecular weight is 270 g/mol. The average Bonchev–Trinajstić information content (AvgIpc) is 2.43. The van der Waals surface area contributed by atoms with E-state index in [9.17, 15) is 14.7 Å². The number of rotatable bonds is 2. The van der Waals surface area contributed by atoms with E-state index in [2.05, 4.69) is 9.47 Å². The maximum absolute atomic E-state index is 11.7. The van der Waals surface area contributed by atoms with Gasteiger partial charge >= 0.3 is 11.9 Å². The molecule has 0 atom stereocenters. The van der Waals surface area contributed by atoms with E-state index in [1.165, 1.54) is 14.2 Å². The molecular formula is C13H18O6. The number of allylic oxidation sites excluding steroid dienone is 1. The first-order valence-corrected chi connectivity index (χ1v) is 5.98. The number of aliphatic hydroxyl groups is 1. The van der Waals surface area contributed by atoms with E-state index >= 15 is 0 Å². The van der Waals surface area contributed by atoms with Crippen molar-refractivity contribution < 1.29 is 28.9 Å². The Bertz CT molecular complexity index is 407. The van der Waals surface area contributed by atoms with Crippen molar-refractivity contribution in [2.45, 2.75) is 19.3 Å². The highest BCUT2D eigenvalue weighted by atomic mass is 16.5. The number of hydrogen-bond acceptors (Lipinski definition) is 6. The summed E-state index contributed by atoms with van der Waals surface area (Å²) in [4.78, 5) is 23.4. The molecule has 0 amide bonds. The standard InChI is InChI=1S/C13H18O6/c1-17-12(15)9-6-4-3-5-7-19-8-10(14)11(9)13(16)18-2/h6,14H,3-5,7-8H2,1-2H3/b9-6+,11-10-. The molecule has 0 saturated heterocycles. The lowest BCUT2D eigenvalue weighted by atomic mass is 10.0. The van der Waals surface area contributed by atoms with Gasteiger partial charge in [0, 0.05) is 6.61 Å². The summed E-state index contributed by atoms with van der Waals surface area (Å²) in [7, 11) is 2.39. The lowest BCUT2D eigenvalue weighted by Crippen LogP contribution is -2.19. The minimum absolute atomic E-state index is 0.0114. The van der Waals surface area contributed by atoms with Crippen LogP contribution in [0.15, 0.2) is 23.0 Å². The van der Waals surface area contributed by atoms with Crippen molar-refractivity contribution >= 4 is 11.9 Å². The monoisotopic (exact) mass is 270 g/mol. The van der Waals surface area contributed by atoms with Gasteiger partial charge in [-0.05, 0) is 19.3 Å². The van der Waals surface area contributed by atoms with Crippen LogP contribution in [-0.2, 0) is 23.8 Å². The van der Waals surface area contributed by atoms with Gasteiger partial charge in [0.15, 0.2) is 0 Å². The molecule has 6 nitrogen and oxygen atoms in total. The van der Waals surface area contributed by atoms with Gasteiger partial charge in [-0.3, -0.25) is 0 Å². The Labute approximate surface area is 111 Å². The number of hydrogen-bond donors (Lipinski definition) is 1. The third kappa shape index (κ3) is 4.10. The van der Waals surface area contributed by atoms with Gasteiger partial charge in [0.2, 0.25) is 0 Å². The summed E-state index contributed by atoms with van der Waals surface area (Å²) in [5.74, 6) is -1.81. The third-order valence-corrected chi connectivity index (χ3v) is 2.68. The van der Waals surface area contributed by atoms with Crippen LogP contribution < -0.4 is 0 Å². The fourth-order valence-electron chi connectivity index (χ4n) is 1.72. The first-order chi connectivity index (χ1) is 9.11. The first kappa shape index (κ1) is 15.2. The van der Waals surface area contributed by atoms with Crippen LogP contribution in [0.4, 0.5) is 0 Å². The zero-order valence-corrected chi connectivity index (χ0v) is 11.1. The Morgan fingerprint density at radius 1 is 1.21 bits per heavy atom. The highest BCUT2D eigenvalue weighted by Crippen LogP contribution is 2.20. The molecule has 0 bridgehead atoms. The SMILES string of the molecule is COC(=O)C1=C(\O)COCCCC/C=C\1C(=O)OC. The molecule has 1 aliphatic rings. The Morgan fingerprint density at radius 3 is 2.53 bits per heavy atom. The molecule has 19 heavy (non-hydrogen) atoms. The van der Waals surface area contributed by atoms with Crippen LogP contribution in [0.1, 0.15) is 19.3 Å². The zero-order chi connectivity index (χ0) is 14.3. The van der Waals surface area contributed by atoms with Gasteiger partial charge in [0.25, 0.3) is 0 Å². The van der Waals surface area contributed by atoms with E-state index in [4.69, 9.17) is 4.74 Å². The molecule has 0 aliphatic carbocycles. The molecule has 106 valence electrons. The minimum Gasteiger partial charge on any atom is -0.509 e. The Morgan fingerprint density at radius 2 is 1.89 bits per heavy atom. The molecule has 0 unspecified atom stereocenters. The number of carbonyl (C=O) groups is 2. The summed E-state index contributed by atoms with van der Waals surface area (Å²) in [5, 5.41) is 9.91.